The smallest absolute Gasteiger partial charge is 0.147 e. The summed E-state index contributed by atoms with van der Waals surface area (Å²) in [6, 6.07) is 29.4. The van der Waals surface area contributed by atoms with Crippen LogP contribution in [-0.2, 0) is 23.2 Å². The standard InChI is InChI=1S/C27H29NO/c1-2-26(29)27(24-13-5-3-6-14-24,25-15-7-4-8-16-25)18-20-28-19-17-22-11-9-10-12-23(22)21-28/h3-16H,2,17-21H2,1H3. The van der Waals surface area contributed by atoms with E-state index in [2.05, 4.69) is 53.4 Å². The van der Waals surface area contributed by atoms with Gasteiger partial charge in [-0.2, -0.15) is 0 Å². The van der Waals surface area contributed by atoms with Gasteiger partial charge in [0.05, 0.1) is 5.41 Å². The molecule has 0 bridgehead atoms. The average molecular weight is 384 g/mol. The second kappa shape index (κ2) is 8.75. The number of hydrogen-bond acceptors (Lipinski definition) is 2. The second-order valence-electron chi connectivity index (χ2n) is 7.96. The van der Waals surface area contributed by atoms with E-state index in [9.17, 15) is 4.79 Å². The number of carbonyl (C=O) groups excluding carboxylic acids is 1. The molecule has 1 aliphatic rings. The Morgan fingerprint density at radius 1 is 0.828 bits per heavy atom. The highest BCUT2D eigenvalue weighted by Crippen LogP contribution is 2.38. The molecule has 4 rings (SSSR count). The number of fused-ring (bicyclic) bond motifs is 1. The van der Waals surface area contributed by atoms with Gasteiger partial charge in [0.1, 0.15) is 5.78 Å². The Morgan fingerprint density at radius 3 is 1.97 bits per heavy atom. The van der Waals surface area contributed by atoms with Crippen LogP contribution in [-0.4, -0.2) is 23.8 Å². The number of nitrogens with zero attached hydrogens (tertiary/aromatic N) is 1. The van der Waals surface area contributed by atoms with Crippen molar-refractivity contribution >= 4 is 5.78 Å². The number of benzene rings is 3. The van der Waals surface area contributed by atoms with E-state index in [-0.39, 0.29) is 0 Å². The molecule has 0 aliphatic carbocycles. The van der Waals surface area contributed by atoms with Crippen molar-refractivity contribution in [3.63, 3.8) is 0 Å². The third-order valence-corrected chi connectivity index (χ3v) is 6.34. The molecule has 0 saturated carbocycles. The van der Waals surface area contributed by atoms with Crippen LogP contribution in [0.15, 0.2) is 84.9 Å². The first kappa shape index (κ1) is 19.6. The number of ketones is 1. The van der Waals surface area contributed by atoms with Crippen LogP contribution in [0, 0.1) is 0 Å². The van der Waals surface area contributed by atoms with Gasteiger partial charge >= 0.3 is 0 Å². The van der Waals surface area contributed by atoms with Crippen LogP contribution in [0.3, 0.4) is 0 Å². The van der Waals surface area contributed by atoms with Crippen LogP contribution >= 0.6 is 0 Å². The molecule has 0 aromatic heterocycles. The molecule has 0 N–H and O–H groups in total. The molecular formula is C27H29NO. The van der Waals surface area contributed by atoms with Crippen molar-refractivity contribution in [3.8, 4) is 0 Å². The molecule has 0 unspecified atom stereocenters. The Morgan fingerprint density at radius 2 is 1.38 bits per heavy atom. The van der Waals surface area contributed by atoms with Gasteiger partial charge in [-0.05, 0) is 35.1 Å². The molecular weight excluding hydrogens is 354 g/mol. The molecule has 3 aromatic rings. The van der Waals surface area contributed by atoms with Crippen LogP contribution in [0.25, 0.3) is 0 Å². The summed E-state index contributed by atoms with van der Waals surface area (Å²) in [5, 5.41) is 0. The fourth-order valence-electron chi connectivity index (χ4n) is 4.73. The quantitative estimate of drug-likeness (QED) is 0.544. The summed E-state index contributed by atoms with van der Waals surface area (Å²) in [6.07, 6.45) is 2.42. The molecule has 29 heavy (non-hydrogen) atoms. The molecule has 0 amide bonds. The summed E-state index contributed by atoms with van der Waals surface area (Å²) < 4.78 is 0. The Labute approximate surface area is 174 Å². The molecule has 1 heterocycles. The lowest BCUT2D eigenvalue weighted by Crippen LogP contribution is -2.41. The number of Topliss-reactive ketones (excluding diaryl/α,β-unsaturated/α-hetero) is 1. The predicted molar refractivity (Wildman–Crippen MR) is 119 cm³/mol. The second-order valence-corrected chi connectivity index (χ2v) is 7.96. The Hall–Kier alpha value is -2.71. The minimum atomic E-state index is -0.589. The van der Waals surface area contributed by atoms with Gasteiger partial charge in [0.15, 0.2) is 0 Å². The van der Waals surface area contributed by atoms with Gasteiger partial charge in [-0.25, -0.2) is 0 Å². The van der Waals surface area contributed by atoms with E-state index in [1.165, 1.54) is 11.1 Å². The van der Waals surface area contributed by atoms with Crippen LogP contribution < -0.4 is 0 Å². The summed E-state index contributed by atoms with van der Waals surface area (Å²) >= 11 is 0. The minimum Gasteiger partial charge on any atom is -0.299 e. The first-order chi connectivity index (χ1) is 14.2. The molecule has 0 spiro atoms. The maximum Gasteiger partial charge on any atom is 0.147 e. The van der Waals surface area contributed by atoms with Gasteiger partial charge in [-0.3, -0.25) is 9.69 Å². The maximum absolute atomic E-state index is 13.5. The van der Waals surface area contributed by atoms with E-state index in [1.807, 2.05) is 43.3 Å². The maximum atomic E-state index is 13.5. The summed E-state index contributed by atoms with van der Waals surface area (Å²) in [6.45, 7) is 4.91. The fourth-order valence-corrected chi connectivity index (χ4v) is 4.73. The summed E-state index contributed by atoms with van der Waals surface area (Å²) in [7, 11) is 0. The molecule has 0 atom stereocenters. The van der Waals surface area contributed by atoms with Gasteiger partial charge in [0.25, 0.3) is 0 Å². The Balaban J connectivity index is 1.67. The number of hydrogen-bond donors (Lipinski definition) is 0. The molecule has 0 radical (unpaired) electrons. The van der Waals surface area contributed by atoms with Crippen molar-refractivity contribution in [1.82, 2.24) is 4.90 Å². The van der Waals surface area contributed by atoms with Crippen LogP contribution in [0.2, 0.25) is 0 Å². The van der Waals surface area contributed by atoms with Gasteiger partial charge in [-0.15, -0.1) is 0 Å². The molecule has 0 fully saturated rings. The highest BCUT2D eigenvalue weighted by atomic mass is 16.1. The Kier molecular flexibility index (Phi) is 5.92. The zero-order valence-electron chi connectivity index (χ0n) is 17.2. The topological polar surface area (TPSA) is 20.3 Å². The van der Waals surface area contributed by atoms with E-state index in [0.29, 0.717) is 12.2 Å². The van der Waals surface area contributed by atoms with Crippen LogP contribution in [0.1, 0.15) is 42.0 Å². The van der Waals surface area contributed by atoms with Gasteiger partial charge in [0.2, 0.25) is 0 Å². The van der Waals surface area contributed by atoms with E-state index in [1.54, 1.807) is 0 Å². The van der Waals surface area contributed by atoms with Crippen molar-refractivity contribution in [2.24, 2.45) is 0 Å². The third-order valence-electron chi connectivity index (χ3n) is 6.34. The van der Waals surface area contributed by atoms with Crippen molar-refractivity contribution in [2.75, 3.05) is 13.1 Å². The largest absolute Gasteiger partial charge is 0.299 e. The Bertz CT molecular complexity index is 909. The van der Waals surface area contributed by atoms with E-state index in [0.717, 1.165) is 43.6 Å². The van der Waals surface area contributed by atoms with E-state index >= 15 is 0 Å². The van der Waals surface area contributed by atoms with Crippen molar-refractivity contribution < 1.29 is 4.79 Å². The minimum absolute atomic E-state index is 0.298. The fraction of sp³-hybridized carbons (Fsp3) is 0.296. The third kappa shape index (κ3) is 3.90. The molecule has 148 valence electrons. The van der Waals surface area contributed by atoms with Crippen molar-refractivity contribution in [1.29, 1.82) is 0 Å². The van der Waals surface area contributed by atoms with Gasteiger partial charge < -0.3 is 0 Å². The average Bonchev–Trinajstić information content (AvgIpc) is 2.80. The molecule has 1 aliphatic heterocycles. The van der Waals surface area contributed by atoms with Crippen molar-refractivity contribution in [3.05, 3.63) is 107 Å². The lowest BCUT2D eigenvalue weighted by Gasteiger charge is -2.37. The number of carbonyl (C=O) groups is 1. The van der Waals surface area contributed by atoms with E-state index in [4.69, 9.17) is 0 Å². The zero-order chi connectivity index (χ0) is 20.1. The van der Waals surface area contributed by atoms with E-state index < -0.39 is 5.41 Å². The lowest BCUT2D eigenvalue weighted by atomic mass is 9.68. The highest BCUT2D eigenvalue weighted by Gasteiger charge is 2.40. The normalized spacial score (nSPS) is 14.4. The van der Waals surface area contributed by atoms with Crippen molar-refractivity contribution in [2.45, 2.75) is 38.1 Å². The molecule has 2 heteroatoms. The first-order valence-corrected chi connectivity index (χ1v) is 10.7. The molecule has 3 aromatic carbocycles. The molecule has 0 saturated heterocycles. The lowest BCUT2D eigenvalue weighted by molar-refractivity contribution is -0.123. The SMILES string of the molecule is CCC(=O)C(CCN1CCc2ccccc2C1)(c1ccccc1)c1ccccc1. The van der Waals surface area contributed by atoms with Gasteiger partial charge in [-0.1, -0.05) is 91.9 Å². The monoisotopic (exact) mass is 383 g/mol. The van der Waals surface area contributed by atoms with Crippen LogP contribution in [0.5, 0.6) is 0 Å². The highest BCUT2D eigenvalue weighted by molar-refractivity contribution is 5.93. The zero-order valence-corrected chi connectivity index (χ0v) is 17.2. The predicted octanol–water partition coefficient (Wildman–Crippen LogP) is 5.40. The summed E-state index contributed by atoms with van der Waals surface area (Å²) in [5.41, 5.74) is 4.51. The number of rotatable bonds is 7. The summed E-state index contributed by atoms with van der Waals surface area (Å²) in [5.74, 6) is 0.298. The van der Waals surface area contributed by atoms with Crippen LogP contribution in [0.4, 0.5) is 0 Å². The summed E-state index contributed by atoms with van der Waals surface area (Å²) in [4.78, 5) is 16.0. The molecule has 2 nitrogen and oxygen atoms in total. The first-order valence-electron chi connectivity index (χ1n) is 10.7. The van der Waals surface area contributed by atoms with Gasteiger partial charge in [0, 0.05) is 26.1 Å².